The number of pyridine rings is 1. The number of carbonyl (C=O) groups excluding carboxylic acids is 1. The number of thiazole rings is 1. The Kier molecular flexibility index (Phi) is 5.02. The molecule has 1 atom stereocenters. The van der Waals surface area contributed by atoms with E-state index in [4.69, 9.17) is 4.74 Å². The van der Waals surface area contributed by atoms with E-state index in [1.807, 2.05) is 5.51 Å². The lowest BCUT2D eigenvalue weighted by atomic mass is 9.83. The van der Waals surface area contributed by atoms with Crippen LogP contribution in [0.2, 0.25) is 0 Å². The second-order valence-electron chi connectivity index (χ2n) is 7.36. The molecule has 1 amide bonds. The van der Waals surface area contributed by atoms with Gasteiger partial charge in [0.1, 0.15) is 0 Å². The van der Waals surface area contributed by atoms with Crippen molar-refractivity contribution in [3.8, 4) is 0 Å². The lowest BCUT2D eigenvalue weighted by Gasteiger charge is -2.52. The van der Waals surface area contributed by atoms with Crippen molar-refractivity contribution in [2.24, 2.45) is 5.92 Å². The number of nitrogens with one attached hydrogen (secondary N) is 1. The van der Waals surface area contributed by atoms with Crippen LogP contribution < -0.4 is 5.32 Å². The van der Waals surface area contributed by atoms with Crippen LogP contribution in [0.4, 0.5) is 0 Å². The van der Waals surface area contributed by atoms with Crippen molar-refractivity contribution in [3.05, 3.63) is 46.2 Å². The molecule has 1 unspecified atom stereocenters. The maximum Gasteiger partial charge on any atom is 0.252 e. The van der Waals surface area contributed by atoms with Crippen LogP contribution in [0.1, 0.15) is 33.8 Å². The predicted molar refractivity (Wildman–Crippen MR) is 100 cm³/mol. The fourth-order valence-corrected chi connectivity index (χ4v) is 4.54. The molecule has 0 aromatic carbocycles. The van der Waals surface area contributed by atoms with Crippen molar-refractivity contribution in [2.75, 3.05) is 26.2 Å². The Morgan fingerprint density at radius 3 is 3.04 bits per heavy atom. The number of aromatic nitrogens is 2. The average molecular weight is 372 g/mol. The average Bonchev–Trinajstić information content (AvgIpc) is 3.05. The van der Waals surface area contributed by atoms with Gasteiger partial charge in [0.25, 0.3) is 5.91 Å². The molecule has 2 aliphatic heterocycles. The van der Waals surface area contributed by atoms with Crippen LogP contribution in [0.15, 0.2) is 30.0 Å². The van der Waals surface area contributed by atoms with Crippen molar-refractivity contribution in [1.29, 1.82) is 0 Å². The number of amides is 1. The largest absolute Gasteiger partial charge is 0.372 e. The Labute approximate surface area is 157 Å². The van der Waals surface area contributed by atoms with E-state index in [2.05, 4.69) is 27.1 Å². The van der Waals surface area contributed by atoms with Gasteiger partial charge in [-0.15, -0.1) is 11.3 Å². The highest BCUT2D eigenvalue weighted by Gasteiger charge is 2.46. The first-order valence-corrected chi connectivity index (χ1v) is 9.95. The number of carbonyl (C=O) groups is 1. The van der Waals surface area contributed by atoms with E-state index in [1.165, 1.54) is 4.88 Å². The Morgan fingerprint density at radius 2 is 2.38 bits per heavy atom. The highest BCUT2D eigenvalue weighted by molar-refractivity contribution is 7.09. The number of hydrogen-bond donors (Lipinski definition) is 1. The zero-order valence-corrected chi connectivity index (χ0v) is 15.8. The molecule has 0 bridgehead atoms. The van der Waals surface area contributed by atoms with Gasteiger partial charge in [0.2, 0.25) is 0 Å². The van der Waals surface area contributed by atoms with Crippen molar-refractivity contribution in [1.82, 2.24) is 20.2 Å². The van der Waals surface area contributed by atoms with Gasteiger partial charge in [0.15, 0.2) is 0 Å². The first-order valence-electron chi connectivity index (χ1n) is 9.07. The minimum absolute atomic E-state index is 0.0302. The number of ether oxygens (including phenoxy) is 1. The van der Waals surface area contributed by atoms with Gasteiger partial charge < -0.3 is 10.1 Å². The SMILES string of the molecule is Cc1ncsc1CN1CC2(CCC(CNC(=O)c3cccnc3)CO2)C1. The summed E-state index contributed by atoms with van der Waals surface area (Å²) in [6.07, 6.45) is 5.43. The molecule has 0 aliphatic carbocycles. The molecular formula is C19H24N4O2S. The Morgan fingerprint density at radius 1 is 1.50 bits per heavy atom. The number of rotatable bonds is 5. The van der Waals surface area contributed by atoms with Gasteiger partial charge in [-0.05, 0) is 37.8 Å². The van der Waals surface area contributed by atoms with Crippen molar-refractivity contribution >= 4 is 17.2 Å². The molecule has 2 saturated heterocycles. The summed E-state index contributed by atoms with van der Waals surface area (Å²) in [5, 5.41) is 3.00. The van der Waals surface area contributed by atoms with E-state index >= 15 is 0 Å². The summed E-state index contributed by atoms with van der Waals surface area (Å²) in [5.74, 6) is 0.326. The lowest BCUT2D eigenvalue weighted by molar-refractivity contribution is -0.181. The van der Waals surface area contributed by atoms with Gasteiger partial charge in [0, 0.05) is 43.4 Å². The molecule has 2 aromatic heterocycles. The quantitative estimate of drug-likeness (QED) is 0.872. The predicted octanol–water partition coefficient (Wildman–Crippen LogP) is 2.26. The molecule has 4 heterocycles. The van der Waals surface area contributed by atoms with E-state index in [1.54, 1.807) is 35.9 Å². The van der Waals surface area contributed by atoms with Gasteiger partial charge in [0.05, 0.1) is 29.0 Å². The molecule has 7 heteroatoms. The standard InChI is InChI=1S/C19H24N4O2S/c1-14-17(26-13-22-14)9-23-11-19(12-23)5-4-15(10-25-19)7-21-18(24)16-3-2-6-20-8-16/h2-3,6,8,13,15H,4-5,7,9-12H2,1H3,(H,21,24). The lowest BCUT2D eigenvalue weighted by Crippen LogP contribution is -2.64. The van der Waals surface area contributed by atoms with E-state index in [0.29, 0.717) is 18.0 Å². The summed E-state index contributed by atoms with van der Waals surface area (Å²) in [7, 11) is 0. The first-order chi connectivity index (χ1) is 12.6. The normalized spacial score (nSPS) is 22.1. The van der Waals surface area contributed by atoms with Crippen molar-refractivity contribution in [2.45, 2.75) is 31.9 Å². The topological polar surface area (TPSA) is 67.4 Å². The van der Waals surface area contributed by atoms with Crippen LogP contribution in [-0.4, -0.2) is 52.6 Å². The Hall–Kier alpha value is -1.83. The second kappa shape index (κ2) is 7.42. The number of nitrogens with zero attached hydrogens (tertiary/aromatic N) is 3. The van der Waals surface area contributed by atoms with E-state index in [9.17, 15) is 4.79 Å². The molecule has 4 rings (SSSR count). The Bertz CT molecular complexity index is 748. The van der Waals surface area contributed by atoms with Gasteiger partial charge in [-0.25, -0.2) is 4.98 Å². The molecule has 2 fully saturated rings. The molecule has 1 N–H and O–H groups in total. The fourth-order valence-electron chi connectivity index (χ4n) is 3.73. The van der Waals surface area contributed by atoms with Gasteiger partial charge in [-0.1, -0.05) is 0 Å². The van der Waals surface area contributed by atoms with Crippen LogP contribution in [0, 0.1) is 12.8 Å². The molecule has 0 radical (unpaired) electrons. The van der Waals surface area contributed by atoms with Gasteiger partial charge >= 0.3 is 0 Å². The fraction of sp³-hybridized carbons (Fsp3) is 0.526. The number of hydrogen-bond acceptors (Lipinski definition) is 6. The third kappa shape index (κ3) is 3.79. The molecular weight excluding hydrogens is 348 g/mol. The van der Waals surface area contributed by atoms with Crippen molar-refractivity contribution in [3.63, 3.8) is 0 Å². The van der Waals surface area contributed by atoms with Crippen LogP contribution in [0.5, 0.6) is 0 Å². The molecule has 0 saturated carbocycles. The smallest absolute Gasteiger partial charge is 0.252 e. The summed E-state index contributed by atoms with van der Waals surface area (Å²) >= 11 is 1.73. The first kappa shape index (κ1) is 17.6. The van der Waals surface area contributed by atoms with Crippen LogP contribution in [0.25, 0.3) is 0 Å². The number of aryl methyl sites for hydroxylation is 1. The van der Waals surface area contributed by atoms with Crippen molar-refractivity contribution < 1.29 is 9.53 Å². The molecule has 138 valence electrons. The van der Waals surface area contributed by atoms with Gasteiger partial charge in [-0.2, -0.15) is 0 Å². The molecule has 1 spiro atoms. The molecule has 2 aromatic rings. The number of likely N-dealkylation sites (tertiary alicyclic amines) is 1. The van der Waals surface area contributed by atoms with E-state index in [0.717, 1.165) is 44.8 Å². The van der Waals surface area contributed by atoms with Crippen LogP contribution >= 0.6 is 11.3 Å². The molecule has 26 heavy (non-hydrogen) atoms. The summed E-state index contributed by atoms with van der Waals surface area (Å²) in [4.78, 5) is 24.2. The third-order valence-corrected chi connectivity index (χ3v) is 6.26. The molecule has 2 aliphatic rings. The maximum atomic E-state index is 12.1. The second-order valence-corrected chi connectivity index (χ2v) is 8.30. The highest BCUT2D eigenvalue weighted by Crippen LogP contribution is 2.37. The Balaban J connectivity index is 1.19. The van der Waals surface area contributed by atoms with Crippen LogP contribution in [-0.2, 0) is 11.3 Å². The highest BCUT2D eigenvalue weighted by atomic mass is 32.1. The third-order valence-electron chi connectivity index (χ3n) is 5.34. The summed E-state index contributed by atoms with van der Waals surface area (Å²) in [5.41, 5.74) is 3.70. The maximum absolute atomic E-state index is 12.1. The minimum Gasteiger partial charge on any atom is -0.372 e. The van der Waals surface area contributed by atoms with Crippen LogP contribution in [0.3, 0.4) is 0 Å². The molecule has 6 nitrogen and oxygen atoms in total. The van der Waals surface area contributed by atoms with E-state index in [-0.39, 0.29) is 11.5 Å². The zero-order valence-electron chi connectivity index (χ0n) is 15.0. The van der Waals surface area contributed by atoms with Gasteiger partial charge in [-0.3, -0.25) is 14.7 Å². The van der Waals surface area contributed by atoms with E-state index < -0.39 is 0 Å². The summed E-state index contributed by atoms with van der Waals surface area (Å²) < 4.78 is 6.21. The minimum atomic E-state index is -0.0619. The summed E-state index contributed by atoms with van der Waals surface area (Å²) in [6.45, 7) is 6.43. The zero-order chi connectivity index (χ0) is 18.0. The monoisotopic (exact) mass is 372 g/mol. The summed E-state index contributed by atoms with van der Waals surface area (Å²) in [6, 6.07) is 3.56.